The lowest BCUT2D eigenvalue weighted by Gasteiger charge is -2.31. The van der Waals surface area contributed by atoms with Crippen molar-refractivity contribution < 1.29 is 13.5 Å². The number of hydrogen-bond donors (Lipinski definition) is 1. The zero-order valence-corrected chi connectivity index (χ0v) is 13.1. The van der Waals surface area contributed by atoms with Crippen LogP contribution in [-0.4, -0.2) is 40.6 Å². The molecule has 0 aliphatic carbocycles. The molecule has 0 bridgehead atoms. The van der Waals surface area contributed by atoms with Crippen LogP contribution in [0.15, 0.2) is 24.4 Å². The van der Waals surface area contributed by atoms with E-state index in [1.807, 2.05) is 0 Å². The summed E-state index contributed by atoms with van der Waals surface area (Å²) in [6, 6.07) is 3.79. The Kier molecular flexibility index (Phi) is 4.79. The van der Waals surface area contributed by atoms with Crippen molar-refractivity contribution in [3.63, 3.8) is 0 Å². The normalized spacial score (nSPS) is 21.6. The Balaban J connectivity index is 1.91. The van der Waals surface area contributed by atoms with Crippen LogP contribution in [0.5, 0.6) is 0 Å². The summed E-state index contributed by atoms with van der Waals surface area (Å²) < 4.78 is 31.0. The molecule has 1 aliphatic heterocycles. The van der Waals surface area contributed by atoms with Crippen LogP contribution in [0.25, 0.3) is 11.4 Å². The van der Waals surface area contributed by atoms with E-state index in [1.165, 1.54) is 0 Å². The van der Waals surface area contributed by atoms with E-state index in [1.54, 1.807) is 31.3 Å². The van der Waals surface area contributed by atoms with Gasteiger partial charge in [0.25, 0.3) is 6.43 Å². The predicted molar refractivity (Wildman–Crippen MR) is 81.5 cm³/mol. The van der Waals surface area contributed by atoms with Crippen LogP contribution < -0.4 is 5.32 Å². The molecular weight excluding hydrogens is 326 g/mol. The van der Waals surface area contributed by atoms with Gasteiger partial charge in [-0.25, -0.2) is 23.7 Å². The Labute approximate surface area is 137 Å². The number of halogens is 3. The molecule has 1 fully saturated rings. The molecule has 0 aromatic carbocycles. The summed E-state index contributed by atoms with van der Waals surface area (Å²) in [6.07, 6.45) is -0.853. The molecule has 0 radical (unpaired) electrons. The quantitative estimate of drug-likeness (QED) is 0.871. The van der Waals surface area contributed by atoms with Gasteiger partial charge in [-0.2, -0.15) is 0 Å². The van der Waals surface area contributed by atoms with Gasteiger partial charge in [-0.15, -0.1) is 0 Å². The minimum absolute atomic E-state index is 0.00898. The van der Waals surface area contributed by atoms with Gasteiger partial charge in [-0.1, -0.05) is 11.6 Å². The van der Waals surface area contributed by atoms with E-state index in [4.69, 9.17) is 16.3 Å². The number of morpholine rings is 1. The van der Waals surface area contributed by atoms with Crippen LogP contribution in [0, 0.1) is 6.92 Å². The summed E-state index contributed by atoms with van der Waals surface area (Å²) in [4.78, 5) is 12.6. The van der Waals surface area contributed by atoms with E-state index in [2.05, 4.69) is 20.3 Å². The molecule has 3 rings (SSSR count). The second kappa shape index (κ2) is 6.82. The van der Waals surface area contributed by atoms with Crippen molar-refractivity contribution in [1.29, 1.82) is 0 Å². The minimum Gasteiger partial charge on any atom is -0.378 e. The standard InChI is InChI=1S/C15H15ClF2N4O/c1-8-19-3-2-10(20-8)11-4-9(5-14(16)22-11)12-6-23-7-13(21-12)15(17)18/h2-5,12-13,15,21H,6-7H2,1H3/t12-,13-/m0/s1. The van der Waals surface area contributed by atoms with Gasteiger partial charge in [-0.3, -0.25) is 5.32 Å². The van der Waals surface area contributed by atoms with Crippen LogP contribution in [0.3, 0.4) is 0 Å². The van der Waals surface area contributed by atoms with E-state index in [9.17, 15) is 8.78 Å². The van der Waals surface area contributed by atoms with Crippen molar-refractivity contribution in [2.45, 2.75) is 25.4 Å². The van der Waals surface area contributed by atoms with Gasteiger partial charge in [0.05, 0.1) is 36.7 Å². The zero-order valence-electron chi connectivity index (χ0n) is 12.3. The SMILES string of the molecule is Cc1nccc(-c2cc([C@@H]3COC[C@@H](C(F)F)N3)cc(Cl)n2)n1. The highest BCUT2D eigenvalue weighted by atomic mass is 35.5. The maximum Gasteiger partial charge on any atom is 0.255 e. The summed E-state index contributed by atoms with van der Waals surface area (Å²) in [5.41, 5.74) is 1.93. The first kappa shape index (κ1) is 16.2. The molecule has 8 heteroatoms. The fourth-order valence-corrected chi connectivity index (χ4v) is 2.67. The van der Waals surface area contributed by atoms with Gasteiger partial charge in [0.1, 0.15) is 11.0 Å². The maximum absolute atomic E-state index is 12.9. The molecular formula is C15H15ClF2N4O. The third-order valence-corrected chi connectivity index (χ3v) is 3.75. The molecule has 1 N–H and O–H groups in total. The monoisotopic (exact) mass is 340 g/mol. The van der Waals surface area contributed by atoms with Crippen LogP contribution >= 0.6 is 11.6 Å². The van der Waals surface area contributed by atoms with Gasteiger partial charge in [0.2, 0.25) is 0 Å². The molecule has 2 aromatic rings. The van der Waals surface area contributed by atoms with Gasteiger partial charge in [0, 0.05) is 6.20 Å². The van der Waals surface area contributed by atoms with Crippen LogP contribution in [0.1, 0.15) is 17.4 Å². The molecule has 2 atom stereocenters. The average molecular weight is 341 g/mol. The molecule has 0 unspecified atom stereocenters. The molecule has 23 heavy (non-hydrogen) atoms. The molecule has 5 nitrogen and oxygen atoms in total. The highest BCUT2D eigenvalue weighted by Crippen LogP contribution is 2.26. The number of aromatic nitrogens is 3. The van der Waals surface area contributed by atoms with E-state index in [0.717, 1.165) is 5.56 Å². The number of pyridine rings is 1. The summed E-state index contributed by atoms with van der Waals surface area (Å²) in [7, 11) is 0. The van der Waals surface area contributed by atoms with E-state index >= 15 is 0 Å². The Morgan fingerprint density at radius 2 is 2.09 bits per heavy atom. The number of alkyl halides is 2. The first-order valence-electron chi connectivity index (χ1n) is 7.12. The lowest BCUT2D eigenvalue weighted by atomic mass is 10.0. The summed E-state index contributed by atoms with van der Waals surface area (Å²) in [5, 5.41) is 3.17. The Morgan fingerprint density at radius 1 is 1.26 bits per heavy atom. The van der Waals surface area contributed by atoms with Crippen LogP contribution in [0.4, 0.5) is 8.78 Å². The van der Waals surface area contributed by atoms with Crippen LogP contribution in [0.2, 0.25) is 5.15 Å². The van der Waals surface area contributed by atoms with Crippen molar-refractivity contribution in [2.75, 3.05) is 13.2 Å². The van der Waals surface area contributed by atoms with Crippen molar-refractivity contribution in [2.24, 2.45) is 0 Å². The van der Waals surface area contributed by atoms with Crippen molar-refractivity contribution >= 4 is 11.6 Å². The molecule has 0 saturated carbocycles. The van der Waals surface area contributed by atoms with Crippen molar-refractivity contribution in [1.82, 2.24) is 20.3 Å². The Morgan fingerprint density at radius 3 is 2.83 bits per heavy atom. The largest absolute Gasteiger partial charge is 0.378 e. The molecule has 2 aromatic heterocycles. The van der Waals surface area contributed by atoms with Gasteiger partial charge < -0.3 is 4.74 Å². The van der Waals surface area contributed by atoms with E-state index in [0.29, 0.717) is 23.8 Å². The van der Waals surface area contributed by atoms with E-state index < -0.39 is 12.5 Å². The Hall–Kier alpha value is -1.70. The average Bonchev–Trinajstić information content (AvgIpc) is 2.54. The third-order valence-electron chi connectivity index (χ3n) is 3.56. The fraction of sp³-hybridized carbons (Fsp3) is 0.400. The Bertz CT molecular complexity index is 701. The van der Waals surface area contributed by atoms with Gasteiger partial charge in [-0.05, 0) is 30.7 Å². The zero-order chi connectivity index (χ0) is 16.4. The lowest BCUT2D eigenvalue weighted by Crippen LogP contribution is -2.47. The lowest BCUT2D eigenvalue weighted by molar-refractivity contribution is -0.0176. The second-order valence-electron chi connectivity index (χ2n) is 5.30. The predicted octanol–water partition coefficient (Wildman–Crippen LogP) is 2.80. The highest BCUT2D eigenvalue weighted by Gasteiger charge is 2.29. The van der Waals surface area contributed by atoms with E-state index in [-0.39, 0.29) is 17.8 Å². The van der Waals surface area contributed by atoms with Crippen molar-refractivity contribution in [3.05, 3.63) is 40.9 Å². The summed E-state index contributed by atoms with van der Waals surface area (Å²) >= 11 is 6.09. The maximum atomic E-state index is 12.9. The van der Waals surface area contributed by atoms with Crippen molar-refractivity contribution in [3.8, 4) is 11.4 Å². The summed E-state index contributed by atoms with van der Waals surface area (Å²) in [6.45, 7) is 2.06. The second-order valence-corrected chi connectivity index (χ2v) is 5.68. The van der Waals surface area contributed by atoms with Crippen LogP contribution in [-0.2, 0) is 4.74 Å². The number of rotatable bonds is 3. The number of aryl methyl sites for hydroxylation is 1. The molecule has 1 aliphatic rings. The third kappa shape index (κ3) is 3.80. The summed E-state index contributed by atoms with van der Waals surface area (Å²) in [5.74, 6) is 0.614. The smallest absolute Gasteiger partial charge is 0.255 e. The number of nitrogens with zero attached hydrogens (tertiary/aromatic N) is 3. The molecule has 122 valence electrons. The van der Waals surface area contributed by atoms with Gasteiger partial charge >= 0.3 is 0 Å². The number of hydrogen-bond acceptors (Lipinski definition) is 5. The first-order valence-corrected chi connectivity index (χ1v) is 7.50. The molecule has 0 amide bonds. The molecule has 0 spiro atoms. The topological polar surface area (TPSA) is 59.9 Å². The first-order chi connectivity index (χ1) is 11.0. The van der Waals surface area contributed by atoms with Gasteiger partial charge in [0.15, 0.2) is 0 Å². The number of ether oxygens (including phenoxy) is 1. The molecule has 3 heterocycles. The fourth-order valence-electron chi connectivity index (χ4n) is 2.45. The minimum atomic E-state index is -2.49. The highest BCUT2D eigenvalue weighted by molar-refractivity contribution is 6.29. The molecule has 1 saturated heterocycles. The number of nitrogens with one attached hydrogen (secondary N) is 1.